The molecule has 0 spiro atoms. The molecule has 2 heterocycles. The summed E-state index contributed by atoms with van der Waals surface area (Å²) in [5, 5.41) is 28.0. The van der Waals surface area contributed by atoms with Gasteiger partial charge in [0.2, 0.25) is 0 Å². The summed E-state index contributed by atoms with van der Waals surface area (Å²) in [6.07, 6.45) is 3.51. The molecule has 21 heteroatoms. The Balaban J connectivity index is 0.868. The van der Waals surface area contributed by atoms with Crippen LogP contribution in [0, 0.1) is 22.7 Å². The van der Waals surface area contributed by atoms with Crippen LogP contribution >= 0.6 is 23.2 Å². The SMILES string of the molecule is CNC(=O)c1c(-c2ccc(Cl)cc2)oc2cc(CN(c3ccc(O[B]Oc4ccc(N(Cc5cc6oc(-c7ccc(Cl)cc7)c(C(=O)NC)c6cc5C5CC5)S(=O)[O-])cc4C#N)c(C#N)c3)S(=O)[O-])c(C3CC3)cc12. The number of furan rings is 2. The quantitative estimate of drug-likeness (QED) is 0.0603. The highest BCUT2D eigenvalue weighted by Gasteiger charge is 2.32. The summed E-state index contributed by atoms with van der Waals surface area (Å²) in [7, 11) is 3.96. The number of carbonyl (C=O) groups excluding carboxylic acids is 2. The fourth-order valence-electron chi connectivity index (χ4n) is 9.16. The van der Waals surface area contributed by atoms with Gasteiger partial charge in [-0.1, -0.05) is 23.2 Å². The first kappa shape index (κ1) is 50.9. The van der Waals surface area contributed by atoms with E-state index in [1.54, 1.807) is 60.7 Å². The number of halogens is 2. The van der Waals surface area contributed by atoms with Crippen LogP contribution in [0.25, 0.3) is 44.6 Å². The molecule has 2 N–H and O–H groups in total. The lowest BCUT2D eigenvalue weighted by atomic mass is 9.97. The molecule has 0 bridgehead atoms. The molecule has 75 heavy (non-hydrogen) atoms. The Kier molecular flexibility index (Phi) is 14.5. The van der Waals surface area contributed by atoms with E-state index in [0.29, 0.717) is 76.9 Å². The number of nitrogens with zero attached hydrogens (tertiary/aromatic N) is 4. The zero-order valence-electron chi connectivity index (χ0n) is 39.8. The van der Waals surface area contributed by atoms with E-state index in [4.69, 9.17) is 41.3 Å². The number of amides is 2. The number of rotatable bonds is 18. The van der Waals surface area contributed by atoms with Crippen molar-refractivity contribution in [3.63, 3.8) is 0 Å². The van der Waals surface area contributed by atoms with Gasteiger partial charge >= 0.3 is 7.69 Å². The van der Waals surface area contributed by atoms with Gasteiger partial charge < -0.3 is 37.9 Å². The summed E-state index contributed by atoms with van der Waals surface area (Å²) in [5.74, 6) is 0.281. The monoisotopic (exact) mass is 1080 g/mol. The topological polar surface area (TPSA) is 237 Å². The lowest BCUT2D eigenvalue weighted by Gasteiger charge is -2.28. The van der Waals surface area contributed by atoms with E-state index >= 15 is 0 Å². The van der Waals surface area contributed by atoms with E-state index < -0.39 is 22.5 Å². The van der Waals surface area contributed by atoms with Crippen LogP contribution in [0.1, 0.15) is 91.6 Å². The lowest BCUT2D eigenvalue weighted by molar-refractivity contribution is 0.0956. The summed E-state index contributed by atoms with van der Waals surface area (Å²) in [4.78, 5) is 26.6. The predicted molar refractivity (Wildman–Crippen MR) is 284 cm³/mol. The van der Waals surface area contributed by atoms with Crippen molar-refractivity contribution in [2.75, 3.05) is 22.7 Å². The van der Waals surface area contributed by atoms with Gasteiger partial charge in [-0.3, -0.25) is 26.6 Å². The normalized spacial score (nSPS) is 13.9. The molecule has 2 unspecified atom stereocenters. The molecule has 10 rings (SSSR count). The van der Waals surface area contributed by atoms with Crippen molar-refractivity contribution < 1.29 is 45.3 Å². The average molecular weight is 1080 g/mol. The summed E-state index contributed by atoms with van der Waals surface area (Å²) >= 11 is 6.66. The molecule has 2 saturated carbocycles. The second-order valence-electron chi connectivity index (χ2n) is 17.9. The summed E-state index contributed by atoms with van der Waals surface area (Å²) in [5.41, 5.74) is 6.01. The van der Waals surface area contributed by atoms with Crippen molar-refractivity contribution in [3.8, 4) is 46.3 Å². The molecule has 2 amide bonds. The average Bonchev–Trinajstić information content (AvgIpc) is 4.37. The number of carbonyl (C=O) groups is 2. The minimum Gasteiger partial charge on any atom is -0.755 e. The van der Waals surface area contributed by atoms with Crippen LogP contribution in [0.5, 0.6) is 11.5 Å². The van der Waals surface area contributed by atoms with E-state index in [2.05, 4.69) is 10.6 Å². The van der Waals surface area contributed by atoms with Gasteiger partial charge in [0.15, 0.2) is 0 Å². The number of anilines is 2. The molecule has 0 aliphatic heterocycles. The predicted octanol–water partition coefficient (Wildman–Crippen LogP) is 10.6. The van der Waals surface area contributed by atoms with Gasteiger partial charge in [-0.05, 0) is 169 Å². The van der Waals surface area contributed by atoms with Gasteiger partial charge in [0.25, 0.3) is 11.8 Å². The molecule has 2 aromatic heterocycles. The molecular weight excluding hydrogens is 1040 g/mol. The fourth-order valence-corrected chi connectivity index (χ4v) is 10.5. The standard InChI is InChI=1S/C54H42BCl2N6O10S2/c1-60-53(64)49-43-23-41(29-3-4-29)35(21-47(43)70-51(49)31-7-11-37(56)12-8-31)27-62(74(66)67)39-15-17-45(33(19-39)25-58)72-55-73-46-18-16-40(20-34(46)26-59)63(75(68)69)28-36-22-48-44(24-42(36)30-5-6-30)50(54(65)61-2)52(71-48)32-9-13-38(57)14-10-32/h7-24,29-30H,3-6,27-28H2,1-2H3,(H,60,64)(H,61,65)(H,66,67)(H,68,69)/p-2. The second-order valence-corrected chi connectivity index (χ2v) is 20.5. The molecular formula is C54H40BCl2N6O10S2-2. The summed E-state index contributed by atoms with van der Waals surface area (Å²) in [6, 6.07) is 33.6. The zero-order valence-corrected chi connectivity index (χ0v) is 43.0. The Labute approximate surface area is 445 Å². The van der Waals surface area contributed by atoms with Crippen LogP contribution in [0.4, 0.5) is 11.4 Å². The molecule has 6 aromatic carbocycles. The minimum atomic E-state index is -2.82. The highest BCUT2D eigenvalue weighted by molar-refractivity contribution is 7.80. The van der Waals surface area contributed by atoms with E-state index in [1.165, 1.54) is 50.5 Å². The van der Waals surface area contributed by atoms with Crippen molar-refractivity contribution in [3.05, 3.63) is 164 Å². The maximum atomic E-state index is 13.3. The van der Waals surface area contributed by atoms with E-state index in [0.717, 1.165) is 53.1 Å². The van der Waals surface area contributed by atoms with Gasteiger partial charge in [-0.15, -0.1) is 0 Å². The minimum absolute atomic E-state index is 0.00999. The lowest BCUT2D eigenvalue weighted by Crippen LogP contribution is -2.25. The second kappa shape index (κ2) is 21.3. The van der Waals surface area contributed by atoms with Crippen LogP contribution < -0.4 is 28.6 Å². The van der Waals surface area contributed by atoms with E-state index in [9.17, 15) is 37.6 Å². The van der Waals surface area contributed by atoms with Crippen molar-refractivity contribution in [1.82, 2.24) is 10.6 Å². The van der Waals surface area contributed by atoms with Gasteiger partial charge in [0.05, 0.1) is 46.7 Å². The highest BCUT2D eigenvalue weighted by atomic mass is 35.5. The molecule has 377 valence electrons. The van der Waals surface area contributed by atoms with Gasteiger partial charge in [0, 0.05) is 68.6 Å². The zero-order chi connectivity index (χ0) is 52.7. The first-order valence-corrected chi connectivity index (χ1v) is 26.2. The molecule has 2 atom stereocenters. The first-order valence-electron chi connectivity index (χ1n) is 23.4. The van der Waals surface area contributed by atoms with Gasteiger partial charge in [0.1, 0.15) is 46.3 Å². The molecule has 0 saturated heterocycles. The van der Waals surface area contributed by atoms with E-state index in [1.807, 2.05) is 24.3 Å². The maximum Gasteiger partial charge on any atom is 0.658 e. The van der Waals surface area contributed by atoms with Gasteiger partial charge in [-0.2, -0.15) is 10.5 Å². The summed E-state index contributed by atoms with van der Waals surface area (Å²) in [6.45, 7) is -0.247. The number of hydrogen-bond acceptors (Lipinski definition) is 12. The van der Waals surface area contributed by atoms with Crippen LogP contribution in [0.3, 0.4) is 0 Å². The molecule has 1 radical (unpaired) electrons. The van der Waals surface area contributed by atoms with Gasteiger partial charge in [-0.25, -0.2) is 0 Å². The maximum absolute atomic E-state index is 13.3. The Hall–Kier alpha value is -7.62. The smallest absolute Gasteiger partial charge is 0.658 e. The van der Waals surface area contributed by atoms with Crippen molar-refractivity contribution in [2.24, 2.45) is 0 Å². The molecule has 2 fully saturated rings. The molecule has 16 nitrogen and oxygen atoms in total. The molecule has 8 aromatic rings. The number of hydrogen-bond donors (Lipinski definition) is 2. The molecule has 2 aliphatic carbocycles. The number of benzene rings is 6. The summed E-state index contributed by atoms with van der Waals surface area (Å²) < 4.78 is 78.0. The first-order chi connectivity index (χ1) is 36.3. The fraction of sp³-hybridized carbons (Fsp3) is 0.185. The third kappa shape index (κ3) is 10.4. The third-order valence-electron chi connectivity index (χ3n) is 13.1. The Bertz CT molecular complexity index is 3480. The number of nitrogens with one attached hydrogen (secondary N) is 2. The largest absolute Gasteiger partial charge is 0.755 e. The van der Waals surface area contributed by atoms with Crippen molar-refractivity contribution >= 4 is 98.5 Å². The Morgan fingerprint density at radius 1 is 0.640 bits per heavy atom. The third-order valence-corrected chi connectivity index (χ3v) is 15.0. The van der Waals surface area contributed by atoms with Crippen LogP contribution in [0.2, 0.25) is 10.0 Å². The van der Waals surface area contributed by atoms with Crippen molar-refractivity contribution in [1.29, 1.82) is 10.5 Å². The highest BCUT2D eigenvalue weighted by Crippen LogP contribution is 2.47. The number of fused-ring (bicyclic) bond motifs is 2. The van der Waals surface area contributed by atoms with Crippen molar-refractivity contribution in [2.45, 2.75) is 50.6 Å². The van der Waals surface area contributed by atoms with Crippen LogP contribution in [0.15, 0.2) is 118 Å². The van der Waals surface area contributed by atoms with E-state index in [-0.39, 0.29) is 70.7 Å². The van der Waals surface area contributed by atoms with Crippen LogP contribution in [-0.2, 0) is 35.6 Å². The number of nitriles is 2. The van der Waals surface area contributed by atoms with Crippen LogP contribution in [-0.4, -0.2) is 51.1 Å². The molecule has 2 aliphatic rings. The Morgan fingerprint density at radius 2 is 1.03 bits per heavy atom. The Morgan fingerprint density at radius 3 is 1.36 bits per heavy atom.